The van der Waals surface area contributed by atoms with Crippen molar-refractivity contribution in [2.45, 2.75) is 39.4 Å². The molecule has 1 aromatic rings. The molecule has 1 aliphatic rings. The van der Waals surface area contributed by atoms with Crippen molar-refractivity contribution in [3.05, 3.63) is 29.8 Å². The molecule has 152 valence electrons. The molecule has 1 heterocycles. The number of sulfone groups is 1. The molecule has 1 aromatic carbocycles. The quantitative estimate of drug-likeness (QED) is 0.613. The van der Waals surface area contributed by atoms with Crippen LogP contribution in [0, 0.1) is 6.92 Å². The van der Waals surface area contributed by atoms with E-state index in [1.165, 1.54) is 11.3 Å². The highest BCUT2D eigenvalue weighted by molar-refractivity contribution is 7.92. The van der Waals surface area contributed by atoms with E-state index in [9.17, 15) is 8.42 Å². The van der Waals surface area contributed by atoms with Gasteiger partial charge in [0.15, 0.2) is 15.8 Å². The predicted octanol–water partition coefficient (Wildman–Crippen LogP) is 2.30. The normalized spacial score (nSPS) is 16.6. The Morgan fingerprint density at radius 1 is 1.19 bits per heavy atom. The summed E-state index contributed by atoms with van der Waals surface area (Å²) in [5.41, 5.74) is 2.53. The molecule has 27 heavy (non-hydrogen) atoms. The number of benzene rings is 1. The zero-order chi connectivity index (χ0) is 20.1. The maximum absolute atomic E-state index is 12.3. The largest absolute Gasteiger partial charge is 0.368 e. The van der Waals surface area contributed by atoms with E-state index < -0.39 is 14.6 Å². The molecule has 0 bridgehead atoms. The average Bonchev–Trinajstić information content (AvgIpc) is 2.60. The minimum atomic E-state index is -3.15. The van der Waals surface area contributed by atoms with Crippen LogP contribution >= 0.6 is 0 Å². The Kier molecular flexibility index (Phi) is 7.14. The van der Waals surface area contributed by atoms with Gasteiger partial charge in [-0.2, -0.15) is 0 Å². The van der Waals surface area contributed by atoms with Gasteiger partial charge in [-0.3, -0.25) is 4.99 Å². The summed E-state index contributed by atoms with van der Waals surface area (Å²) in [7, 11) is -3.15. The lowest BCUT2D eigenvalue weighted by Gasteiger charge is -2.37. The summed E-state index contributed by atoms with van der Waals surface area (Å²) in [4.78, 5) is 9.19. The molecular weight excluding hydrogens is 360 g/mol. The van der Waals surface area contributed by atoms with Crippen molar-refractivity contribution in [2.24, 2.45) is 4.99 Å². The van der Waals surface area contributed by atoms with E-state index in [1.807, 2.05) is 6.92 Å². The zero-order valence-corrected chi connectivity index (χ0v) is 18.1. The first-order valence-electron chi connectivity index (χ1n) is 9.71. The Labute approximate surface area is 164 Å². The molecule has 0 aliphatic carbocycles. The van der Waals surface area contributed by atoms with Crippen molar-refractivity contribution in [2.75, 3.05) is 49.9 Å². The number of nitrogens with one attached hydrogen (secondary N) is 1. The number of hydrogen-bond acceptors (Lipinski definition) is 4. The highest BCUT2D eigenvalue weighted by Gasteiger charge is 2.28. The number of guanidine groups is 1. The van der Waals surface area contributed by atoms with Crippen molar-refractivity contribution >= 4 is 21.5 Å². The third-order valence-electron chi connectivity index (χ3n) is 4.84. The van der Waals surface area contributed by atoms with Crippen LogP contribution in [-0.4, -0.2) is 69.0 Å². The molecule has 0 saturated carbocycles. The summed E-state index contributed by atoms with van der Waals surface area (Å²) in [6.07, 6.45) is 0. The number of hydrogen-bond donors (Lipinski definition) is 1. The Bertz CT molecular complexity index is 745. The van der Waals surface area contributed by atoms with Crippen molar-refractivity contribution in [1.29, 1.82) is 0 Å². The monoisotopic (exact) mass is 394 g/mol. The van der Waals surface area contributed by atoms with Crippen molar-refractivity contribution < 1.29 is 8.42 Å². The highest BCUT2D eigenvalue weighted by Crippen LogP contribution is 2.18. The fourth-order valence-corrected chi connectivity index (χ4v) is 3.95. The first kappa shape index (κ1) is 21.5. The Morgan fingerprint density at radius 2 is 1.85 bits per heavy atom. The number of nitrogens with zero attached hydrogens (tertiary/aromatic N) is 3. The van der Waals surface area contributed by atoms with Crippen LogP contribution in [0.2, 0.25) is 0 Å². The van der Waals surface area contributed by atoms with E-state index in [0.29, 0.717) is 6.54 Å². The first-order chi connectivity index (χ1) is 12.6. The van der Waals surface area contributed by atoms with Gasteiger partial charge < -0.3 is 15.1 Å². The number of anilines is 1. The van der Waals surface area contributed by atoms with Gasteiger partial charge in [-0.05, 0) is 52.3 Å². The summed E-state index contributed by atoms with van der Waals surface area (Å²) >= 11 is 0. The molecule has 7 heteroatoms. The minimum Gasteiger partial charge on any atom is -0.368 e. The second-order valence-corrected chi connectivity index (χ2v) is 10.8. The van der Waals surface area contributed by atoms with Gasteiger partial charge in [-0.15, -0.1) is 0 Å². The van der Waals surface area contributed by atoms with Crippen LogP contribution in [0.15, 0.2) is 29.3 Å². The van der Waals surface area contributed by atoms with Crippen molar-refractivity contribution in [1.82, 2.24) is 10.2 Å². The standard InChI is InChI=1S/C20H34N4O2S/c1-6-21-19(22-10-15-27(25,26)20(3,4)5)24-13-11-23(12-14-24)18-9-7-8-17(2)16-18/h7-9,16H,6,10-15H2,1-5H3,(H,21,22). The SMILES string of the molecule is CCNC(=NCCS(=O)(=O)C(C)(C)C)N1CCN(c2cccc(C)c2)CC1. The number of aliphatic imine (C=N–C) groups is 1. The van der Waals surface area contributed by atoms with Crippen molar-refractivity contribution in [3.8, 4) is 0 Å². The van der Waals surface area contributed by atoms with Crippen LogP contribution in [0.1, 0.15) is 33.3 Å². The van der Waals surface area contributed by atoms with Gasteiger partial charge in [0.2, 0.25) is 0 Å². The van der Waals surface area contributed by atoms with Gasteiger partial charge >= 0.3 is 0 Å². The van der Waals surface area contributed by atoms with Crippen LogP contribution in [0.3, 0.4) is 0 Å². The lowest BCUT2D eigenvalue weighted by Crippen LogP contribution is -2.52. The molecule has 1 saturated heterocycles. The van der Waals surface area contributed by atoms with Crippen LogP contribution in [0.5, 0.6) is 0 Å². The Hall–Kier alpha value is -1.76. The van der Waals surface area contributed by atoms with Crippen LogP contribution in [-0.2, 0) is 9.84 Å². The highest BCUT2D eigenvalue weighted by atomic mass is 32.2. The van der Waals surface area contributed by atoms with Crippen molar-refractivity contribution in [3.63, 3.8) is 0 Å². The van der Waals surface area contributed by atoms with Gasteiger partial charge in [0, 0.05) is 38.4 Å². The van der Waals surface area contributed by atoms with Crippen LogP contribution in [0.4, 0.5) is 5.69 Å². The number of rotatable bonds is 5. The molecule has 1 fully saturated rings. The van der Waals surface area contributed by atoms with E-state index in [4.69, 9.17) is 0 Å². The molecule has 0 spiro atoms. The molecule has 2 rings (SSSR count). The molecular formula is C20H34N4O2S. The average molecular weight is 395 g/mol. The lowest BCUT2D eigenvalue weighted by atomic mass is 10.2. The van der Waals surface area contributed by atoms with E-state index >= 15 is 0 Å². The maximum atomic E-state index is 12.3. The molecule has 6 nitrogen and oxygen atoms in total. The summed E-state index contributed by atoms with van der Waals surface area (Å²) < 4.78 is 23.8. The number of aryl methyl sites for hydroxylation is 1. The smallest absolute Gasteiger partial charge is 0.194 e. The maximum Gasteiger partial charge on any atom is 0.194 e. The summed E-state index contributed by atoms with van der Waals surface area (Å²) in [6, 6.07) is 8.57. The minimum absolute atomic E-state index is 0.0780. The van der Waals surface area contributed by atoms with Gasteiger partial charge in [-0.1, -0.05) is 12.1 Å². The van der Waals surface area contributed by atoms with Crippen LogP contribution in [0.25, 0.3) is 0 Å². The summed E-state index contributed by atoms with van der Waals surface area (Å²) in [5.74, 6) is 0.889. The van der Waals surface area contributed by atoms with E-state index in [-0.39, 0.29) is 5.75 Å². The molecule has 1 N–H and O–H groups in total. The van der Waals surface area contributed by atoms with Gasteiger partial charge in [-0.25, -0.2) is 8.42 Å². The Morgan fingerprint density at radius 3 is 2.41 bits per heavy atom. The first-order valence-corrected chi connectivity index (χ1v) is 11.4. The second kappa shape index (κ2) is 8.95. The number of piperazine rings is 1. The fourth-order valence-electron chi connectivity index (χ4n) is 3.00. The molecule has 0 atom stereocenters. The predicted molar refractivity (Wildman–Crippen MR) is 114 cm³/mol. The molecule has 0 unspecified atom stereocenters. The summed E-state index contributed by atoms with van der Waals surface area (Å²) in [6.45, 7) is 14.0. The van der Waals surface area contributed by atoms with E-state index in [0.717, 1.165) is 38.7 Å². The van der Waals surface area contributed by atoms with E-state index in [1.54, 1.807) is 20.8 Å². The topological polar surface area (TPSA) is 65.0 Å². The van der Waals surface area contributed by atoms with E-state index in [2.05, 4.69) is 51.3 Å². The second-order valence-electron chi connectivity index (χ2n) is 7.98. The molecule has 0 aromatic heterocycles. The molecule has 0 amide bonds. The lowest BCUT2D eigenvalue weighted by molar-refractivity contribution is 0.373. The zero-order valence-electron chi connectivity index (χ0n) is 17.3. The molecule has 1 aliphatic heterocycles. The summed E-state index contributed by atoms with van der Waals surface area (Å²) in [5, 5.41) is 3.30. The van der Waals surface area contributed by atoms with Gasteiger partial charge in [0.05, 0.1) is 17.0 Å². The third-order valence-corrected chi connectivity index (χ3v) is 7.42. The van der Waals surface area contributed by atoms with Gasteiger partial charge in [0.25, 0.3) is 0 Å². The Balaban J connectivity index is 1.97. The third kappa shape index (κ3) is 5.86. The fraction of sp³-hybridized carbons (Fsp3) is 0.650. The molecule has 0 radical (unpaired) electrons. The van der Waals surface area contributed by atoms with Crippen LogP contribution < -0.4 is 10.2 Å². The van der Waals surface area contributed by atoms with Gasteiger partial charge in [0.1, 0.15) is 0 Å².